The third-order valence-electron chi connectivity index (χ3n) is 4.06. The molecule has 0 aromatic heterocycles. The zero-order valence-electron chi connectivity index (χ0n) is 12.9. The lowest BCUT2D eigenvalue weighted by Crippen LogP contribution is -2.41. The van der Waals surface area contributed by atoms with E-state index in [4.69, 9.17) is 0 Å². The number of benzene rings is 1. The van der Waals surface area contributed by atoms with Crippen molar-refractivity contribution < 1.29 is 9.59 Å². The van der Waals surface area contributed by atoms with Crippen LogP contribution in [0, 0.1) is 12.8 Å². The van der Waals surface area contributed by atoms with Gasteiger partial charge in [-0.25, -0.2) is 0 Å². The van der Waals surface area contributed by atoms with E-state index in [1.165, 1.54) is 6.42 Å². The van der Waals surface area contributed by atoms with Crippen molar-refractivity contribution in [1.29, 1.82) is 0 Å². The van der Waals surface area contributed by atoms with Crippen LogP contribution < -0.4 is 5.32 Å². The fraction of sp³-hybridized carbons (Fsp3) is 0.529. The molecule has 21 heavy (non-hydrogen) atoms. The predicted octanol–water partition coefficient (Wildman–Crippen LogP) is 2.26. The highest BCUT2D eigenvalue weighted by Crippen LogP contribution is 2.16. The van der Waals surface area contributed by atoms with Crippen LogP contribution in [-0.2, 0) is 16.1 Å². The van der Waals surface area contributed by atoms with Crippen molar-refractivity contribution in [3.8, 4) is 0 Å². The molecule has 2 amide bonds. The molecule has 0 bridgehead atoms. The molecule has 1 aromatic rings. The van der Waals surface area contributed by atoms with Crippen LogP contribution >= 0.6 is 0 Å². The van der Waals surface area contributed by atoms with Crippen LogP contribution in [-0.4, -0.2) is 29.8 Å². The summed E-state index contributed by atoms with van der Waals surface area (Å²) >= 11 is 0. The van der Waals surface area contributed by atoms with Crippen LogP contribution in [0.15, 0.2) is 24.3 Å². The van der Waals surface area contributed by atoms with Gasteiger partial charge in [-0.15, -0.1) is 0 Å². The smallest absolute Gasteiger partial charge is 0.232 e. The average molecular weight is 288 g/mol. The minimum Gasteiger partial charge on any atom is -0.352 e. The maximum absolute atomic E-state index is 12.1. The molecule has 4 nitrogen and oxygen atoms in total. The number of hydrogen-bond acceptors (Lipinski definition) is 2. The Hall–Kier alpha value is -1.84. The molecule has 0 aliphatic carbocycles. The predicted molar refractivity (Wildman–Crippen MR) is 82.6 cm³/mol. The first kappa shape index (κ1) is 15.5. The van der Waals surface area contributed by atoms with Crippen molar-refractivity contribution in [1.82, 2.24) is 10.2 Å². The Morgan fingerprint density at radius 2 is 2.10 bits per heavy atom. The Morgan fingerprint density at radius 3 is 2.81 bits per heavy atom. The molecule has 1 aliphatic rings. The number of hydrogen-bond donors (Lipinski definition) is 1. The second-order valence-electron chi connectivity index (χ2n) is 5.97. The monoisotopic (exact) mass is 288 g/mol. The fourth-order valence-electron chi connectivity index (χ4n) is 2.73. The largest absolute Gasteiger partial charge is 0.352 e. The van der Waals surface area contributed by atoms with Crippen molar-refractivity contribution in [2.45, 2.75) is 39.7 Å². The molecule has 2 rings (SSSR count). The molecule has 0 radical (unpaired) electrons. The van der Waals surface area contributed by atoms with E-state index in [9.17, 15) is 9.59 Å². The third-order valence-corrected chi connectivity index (χ3v) is 4.06. The van der Waals surface area contributed by atoms with Gasteiger partial charge in [0, 0.05) is 19.6 Å². The van der Waals surface area contributed by atoms with Gasteiger partial charge in [0.15, 0.2) is 0 Å². The van der Waals surface area contributed by atoms with Crippen molar-refractivity contribution in [3.63, 3.8) is 0 Å². The van der Waals surface area contributed by atoms with E-state index in [1.54, 1.807) is 0 Å². The van der Waals surface area contributed by atoms with Gasteiger partial charge in [0.2, 0.25) is 11.8 Å². The number of piperidine rings is 1. The SMILES string of the molecule is Cc1ccccc1CNC(=O)CC(=O)N1CCCC(C)C1. The van der Waals surface area contributed by atoms with Crippen LogP contribution in [0.25, 0.3) is 0 Å². The van der Waals surface area contributed by atoms with Gasteiger partial charge in [-0.05, 0) is 36.8 Å². The Bertz CT molecular complexity index is 513. The van der Waals surface area contributed by atoms with Crippen LogP contribution in [0.4, 0.5) is 0 Å². The van der Waals surface area contributed by atoms with Gasteiger partial charge in [0.1, 0.15) is 6.42 Å². The van der Waals surface area contributed by atoms with Gasteiger partial charge in [0.05, 0.1) is 0 Å². The number of carbonyl (C=O) groups is 2. The summed E-state index contributed by atoms with van der Waals surface area (Å²) < 4.78 is 0. The Kier molecular flexibility index (Phi) is 5.37. The standard InChI is InChI=1S/C17H24N2O2/c1-13-6-5-9-19(12-13)17(21)10-16(20)18-11-15-8-4-3-7-14(15)2/h3-4,7-8,13H,5-6,9-12H2,1-2H3,(H,18,20). The van der Waals surface area contributed by atoms with E-state index in [-0.39, 0.29) is 18.2 Å². The maximum atomic E-state index is 12.1. The number of amides is 2. The number of rotatable bonds is 4. The average Bonchev–Trinajstić information content (AvgIpc) is 2.46. The normalized spacial score (nSPS) is 18.4. The molecule has 4 heteroatoms. The highest BCUT2D eigenvalue weighted by molar-refractivity contribution is 5.96. The quantitative estimate of drug-likeness (QED) is 0.864. The Labute approximate surface area is 126 Å². The molecule has 1 aromatic carbocycles. The van der Waals surface area contributed by atoms with Gasteiger partial charge >= 0.3 is 0 Å². The number of aryl methyl sites for hydroxylation is 1. The summed E-state index contributed by atoms with van der Waals surface area (Å²) in [6.07, 6.45) is 2.17. The first-order chi connectivity index (χ1) is 10.1. The molecule has 0 spiro atoms. The molecule has 1 aliphatic heterocycles. The lowest BCUT2D eigenvalue weighted by atomic mass is 10.00. The molecule has 1 N–H and O–H groups in total. The van der Waals surface area contributed by atoms with Gasteiger partial charge in [-0.3, -0.25) is 9.59 Å². The first-order valence-corrected chi connectivity index (χ1v) is 7.65. The van der Waals surface area contributed by atoms with Gasteiger partial charge < -0.3 is 10.2 Å². The minimum atomic E-state index is -0.193. The highest BCUT2D eigenvalue weighted by Gasteiger charge is 2.22. The van der Waals surface area contributed by atoms with Crippen LogP contribution in [0.2, 0.25) is 0 Å². The summed E-state index contributed by atoms with van der Waals surface area (Å²) in [7, 11) is 0. The molecular formula is C17H24N2O2. The zero-order chi connectivity index (χ0) is 15.2. The summed E-state index contributed by atoms with van der Waals surface area (Å²) in [6, 6.07) is 7.93. The van der Waals surface area contributed by atoms with Crippen molar-refractivity contribution in [2.24, 2.45) is 5.92 Å². The topological polar surface area (TPSA) is 49.4 Å². The Morgan fingerprint density at radius 1 is 1.33 bits per heavy atom. The second-order valence-corrected chi connectivity index (χ2v) is 5.97. The third kappa shape index (κ3) is 4.59. The molecule has 1 atom stereocenters. The van der Waals surface area contributed by atoms with E-state index in [0.29, 0.717) is 12.5 Å². The highest BCUT2D eigenvalue weighted by atomic mass is 16.2. The van der Waals surface area contributed by atoms with Crippen LogP contribution in [0.5, 0.6) is 0 Å². The van der Waals surface area contributed by atoms with E-state index in [2.05, 4.69) is 12.2 Å². The van der Waals surface area contributed by atoms with Crippen molar-refractivity contribution in [2.75, 3.05) is 13.1 Å². The molecule has 1 fully saturated rings. The van der Waals surface area contributed by atoms with Crippen LogP contribution in [0.3, 0.4) is 0 Å². The number of likely N-dealkylation sites (tertiary alicyclic amines) is 1. The summed E-state index contributed by atoms with van der Waals surface area (Å²) in [6.45, 7) is 6.22. The zero-order valence-corrected chi connectivity index (χ0v) is 12.9. The molecule has 1 heterocycles. The lowest BCUT2D eigenvalue weighted by Gasteiger charge is -2.30. The number of carbonyl (C=O) groups excluding carboxylic acids is 2. The van der Waals surface area contributed by atoms with E-state index >= 15 is 0 Å². The minimum absolute atomic E-state index is 0.0431. The van der Waals surface area contributed by atoms with E-state index in [1.807, 2.05) is 36.1 Å². The number of nitrogens with zero attached hydrogens (tertiary/aromatic N) is 1. The van der Waals surface area contributed by atoms with Crippen LogP contribution in [0.1, 0.15) is 37.3 Å². The molecule has 1 unspecified atom stereocenters. The summed E-state index contributed by atoms with van der Waals surface area (Å²) in [5.41, 5.74) is 2.24. The summed E-state index contributed by atoms with van der Waals surface area (Å²) in [5, 5.41) is 2.83. The van der Waals surface area contributed by atoms with E-state index in [0.717, 1.165) is 30.6 Å². The second kappa shape index (κ2) is 7.25. The van der Waals surface area contributed by atoms with Crippen molar-refractivity contribution in [3.05, 3.63) is 35.4 Å². The molecular weight excluding hydrogens is 264 g/mol. The fourth-order valence-corrected chi connectivity index (χ4v) is 2.73. The van der Waals surface area contributed by atoms with Crippen molar-refractivity contribution >= 4 is 11.8 Å². The lowest BCUT2D eigenvalue weighted by molar-refractivity contribution is -0.137. The summed E-state index contributed by atoms with van der Waals surface area (Å²) in [4.78, 5) is 25.8. The first-order valence-electron chi connectivity index (χ1n) is 7.65. The van der Waals surface area contributed by atoms with E-state index < -0.39 is 0 Å². The molecule has 0 saturated carbocycles. The molecule has 114 valence electrons. The number of nitrogens with one attached hydrogen (secondary N) is 1. The molecule has 1 saturated heterocycles. The summed E-state index contributed by atoms with van der Waals surface area (Å²) in [5.74, 6) is 0.294. The van der Waals surface area contributed by atoms with Gasteiger partial charge in [-0.1, -0.05) is 31.2 Å². The Balaban J connectivity index is 1.79. The maximum Gasteiger partial charge on any atom is 0.232 e. The van der Waals surface area contributed by atoms with Gasteiger partial charge in [-0.2, -0.15) is 0 Å². The van der Waals surface area contributed by atoms with Gasteiger partial charge in [0.25, 0.3) is 0 Å².